The number of ether oxygens (including phenoxy) is 1. The molecule has 0 spiro atoms. The predicted molar refractivity (Wildman–Crippen MR) is 96.2 cm³/mol. The zero-order chi connectivity index (χ0) is 16.5. The van der Waals surface area contributed by atoms with E-state index in [2.05, 4.69) is 31.4 Å². The molecule has 3 heterocycles. The standard InChI is InChI=1S/C17H19N5OS/c1-23-13-7-12(8-18)22(9-13)17-16-15(19-10-20-17)14(21-24-16)11-5-3-2-4-6-11/h2-6,10,12-13H,7-9,18H2,1H3/t12-,13+/m0/s1. The van der Waals surface area contributed by atoms with Gasteiger partial charge < -0.3 is 15.4 Å². The molecule has 1 fully saturated rings. The van der Waals surface area contributed by atoms with Gasteiger partial charge in [0.25, 0.3) is 0 Å². The van der Waals surface area contributed by atoms with Gasteiger partial charge >= 0.3 is 0 Å². The highest BCUT2D eigenvalue weighted by atomic mass is 32.1. The number of benzene rings is 1. The molecule has 0 saturated carbocycles. The molecule has 7 heteroatoms. The lowest BCUT2D eigenvalue weighted by atomic mass is 10.1. The minimum atomic E-state index is 0.185. The van der Waals surface area contributed by atoms with Crippen LogP contribution in [0.1, 0.15) is 6.42 Å². The summed E-state index contributed by atoms with van der Waals surface area (Å²) in [6.07, 6.45) is 2.72. The summed E-state index contributed by atoms with van der Waals surface area (Å²) < 4.78 is 11.2. The van der Waals surface area contributed by atoms with Crippen LogP contribution >= 0.6 is 11.5 Å². The van der Waals surface area contributed by atoms with Crippen molar-refractivity contribution >= 4 is 27.6 Å². The van der Waals surface area contributed by atoms with Crippen LogP contribution in [0.15, 0.2) is 36.7 Å². The van der Waals surface area contributed by atoms with E-state index in [0.717, 1.165) is 40.3 Å². The third kappa shape index (κ3) is 2.54. The number of hydrogen-bond acceptors (Lipinski definition) is 7. The van der Waals surface area contributed by atoms with Crippen molar-refractivity contribution in [2.45, 2.75) is 18.6 Å². The summed E-state index contributed by atoms with van der Waals surface area (Å²) in [6.45, 7) is 1.37. The quantitative estimate of drug-likeness (QED) is 0.785. The minimum absolute atomic E-state index is 0.185. The average Bonchev–Trinajstić information content (AvgIpc) is 3.26. The number of aromatic nitrogens is 3. The van der Waals surface area contributed by atoms with Gasteiger partial charge in [-0.3, -0.25) is 0 Å². The Bertz CT molecular complexity index is 837. The molecule has 1 aliphatic heterocycles. The molecule has 2 aromatic heterocycles. The lowest BCUT2D eigenvalue weighted by Crippen LogP contribution is -2.36. The van der Waals surface area contributed by atoms with Gasteiger partial charge in [-0.15, -0.1) is 0 Å². The summed E-state index contributed by atoms with van der Waals surface area (Å²) >= 11 is 1.45. The summed E-state index contributed by atoms with van der Waals surface area (Å²) in [5.41, 5.74) is 8.84. The van der Waals surface area contributed by atoms with Crippen molar-refractivity contribution in [3.63, 3.8) is 0 Å². The Hall–Kier alpha value is -2.09. The number of nitrogens with zero attached hydrogens (tertiary/aromatic N) is 4. The van der Waals surface area contributed by atoms with Crippen molar-refractivity contribution in [2.75, 3.05) is 25.1 Å². The molecular formula is C17H19N5OS. The van der Waals surface area contributed by atoms with Crippen LogP contribution in [-0.2, 0) is 4.74 Å². The van der Waals surface area contributed by atoms with Crippen LogP contribution in [0.3, 0.4) is 0 Å². The fourth-order valence-electron chi connectivity index (χ4n) is 3.27. The van der Waals surface area contributed by atoms with Gasteiger partial charge in [0.15, 0.2) is 5.82 Å². The molecular weight excluding hydrogens is 322 g/mol. The monoisotopic (exact) mass is 341 g/mol. The van der Waals surface area contributed by atoms with Crippen LogP contribution in [0.5, 0.6) is 0 Å². The number of anilines is 1. The number of nitrogens with two attached hydrogens (primary N) is 1. The molecule has 1 aromatic carbocycles. The van der Waals surface area contributed by atoms with E-state index < -0.39 is 0 Å². The van der Waals surface area contributed by atoms with Crippen molar-refractivity contribution in [3.05, 3.63) is 36.7 Å². The van der Waals surface area contributed by atoms with E-state index in [0.29, 0.717) is 6.54 Å². The van der Waals surface area contributed by atoms with E-state index >= 15 is 0 Å². The van der Waals surface area contributed by atoms with Crippen LogP contribution in [0.25, 0.3) is 21.5 Å². The number of fused-ring (bicyclic) bond motifs is 1. The molecule has 2 atom stereocenters. The zero-order valence-corrected chi connectivity index (χ0v) is 14.2. The summed E-state index contributed by atoms with van der Waals surface area (Å²) in [5.74, 6) is 0.912. The molecule has 0 aliphatic carbocycles. The molecule has 24 heavy (non-hydrogen) atoms. The Kier molecular flexibility index (Phi) is 4.13. The molecule has 1 aliphatic rings. The number of methoxy groups -OCH3 is 1. The molecule has 0 amide bonds. The Labute approximate surface area is 144 Å². The van der Waals surface area contributed by atoms with Gasteiger partial charge in [0, 0.05) is 31.8 Å². The van der Waals surface area contributed by atoms with Crippen molar-refractivity contribution in [3.8, 4) is 11.3 Å². The fraction of sp³-hybridized carbons (Fsp3) is 0.353. The maximum absolute atomic E-state index is 5.97. The molecule has 0 radical (unpaired) electrons. The van der Waals surface area contributed by atoms with Gasteiger partial charge in [-0.05, 0) is 18.0 Å². The van der Waals surface area contributed by atoms with Crippen molar-refractivity contribution < 1.29 is 4.74 Å². The molecule has 4 rings (SSSR count). The first kappa shape index (κ1) is 15.4. The van der Waals surface area contributed by atoms with Crippen LogP contribution < -0.4 is 10.6 Å². The van der Waals surface area contributed by atoms with E-state index in [9.17, 15) is 0 Å². The summed E-state index contributed by atoms with van der Waals surface area (Å²) in [6, 6.07) is 10.4. The van der Waals surface area contributed by atoms with E-state index in [4.69, 9.17) is 10.5 Å². The van der Waals surface area contributed by atoms with Crippen LogP contribution in [0, 0.1) is 0 Å². The predicted octanol–water partition coefficient (Wildman–Crippen LogP) is 2.31. The van der Waals surface area contributed by atoms with Crippen molar-refractivity contribution in [1.29, 1.82) is 0 Å². The first-order valence-electron chi connectivity index (χ1n) is 7.97. The van der Waals surface area contributed by atoms with E-state index in [1.807, 2.05) is 18.2 Å². The lowest BCUT2D eigenvalue weighted by molar-refractivity contribution is 0.118. The topological polar surface area (TPSA) is 77.2 Å². The first-order valence-corrected chi connectivity index (χ1v) is 8.74. The van der Waals surface area contributed by atoms with Gasteiger partial charge in [-0.1, -0.05) is 30.3 Å². The second-order valence-corrected chi connectivity index (χ2v) is 6.68. The van der Waals surface area contributed by atoms with Gasteiger partial charge in [0.2, 0.25) is 0 Å². The van der Waals surface area contributed by atoms with Crippen LogP contribution in [-0.4, -0.2) is 46.7 Å². The summed E-state index contributed by atoms with van der Waals surface area (Å²) in [7, 11) is 1.75. The highest BCUT2D eigenvalue weighted by Gasteiger charge is 2.33. The Morgan fingerprint density at radius 1 is 1.29 bits per heavy atom. The first-order chi connectivity index (χ1) is 11.8. The second-order valence-electron chi connectivity index (χ2n) is 5.91. The minimum Gasteiger partial charge on any atom is -0.380 e. The summed E-state index contributed by atoms with van der Waals surface area (Å²) in [4.78, 5) is 11.3. The van der Waals surface area contributed by atoms with Crippen LogP contribution in [0.2, 0.25) is 0 Å². The van der Waals surface area contributed by atoms with E-state index in [1.54, 1.807) is 13.4 Å². The second kappa shape index (κ2) is 6.43. The molecule has 2 N–H and O–H groups in total. The van der Waals surface area contributed by atoms with E-state index in [1.165, 1.54) is 11.5 Å². The molecule has 124 valence electrons. The van der Waals surface area contributed by atoms with Crippen molar-refractivity contribution in [1.82, 2.24) is 14.3 Å². The number of rotatable bonds is 4. The smallest absolute Gasteiger partial charge is 0.152 e. The molecule has 3 aromatic rings. The highest BCUT2D eigenvalue weighted by molar-refractivity contribution is 7.14. The Morgan fingerprint density at radius 3 is 2.88 bits per heavy atom. The molecule has 0 bridgehead atoms. The molecule has 1 saturated heterocycles. The van der Waals surface area contributed by atoms with E-state index in [-0.39, 0.29) is 12.1 Å². The SMILES string of the molecule is CO[C@@H]1C[C@@H](CN)N(c2ncnc3c(-c4ccccc4)nsc23)C1. The van der Waals surface area contributed by atoms with Gasteiger partial charge in [0.05, 0.1) is 6.10 Å². The lowest BCUT2D eigenvalue weighted by Gasteiger charge is -2.24. The summed E-state index contributed by atoms with van der Waals surface area (Å²) in [5, 5.41) is 0. The maximum Gasteiger partial charge on any atom is 0.152 e. The van der Waals surface area contributed by atoms with Gasteiger partial charge in [-0.25, -0.2) is 9.97 Å². The fourth-order valence-corrected chi connectivity index (χ4v) is 4.13. The van der Waals surface area contributed by atoms with Gasteiger partial charge in [0.1, 0.15) is 22.2 Å². The zero-order valence-electron chi connectivity index (χ0n) is 13.4. The Balaban J connectivity index is 1.79. The van der Waals surface area contributed by atoms with Gasteiger partial charge in [-0.2, -0.15) is 4.37 Å². The Morgan fingerprint density at radius 2 is 2.12 bits per heavy atom. The van der Waals surface area contributed by atoms with Crippen molar-refractivity contribution in [2.24, 2.45) is 5.73 Å². The average molecular weight is 341 g/mol. The third-order valence-electron chi connectivity index (χ3n) is 4.54. The van der Waals surface area contributed by atoms with Crippen LogP contribution in [0.4, 0.5) is 5.82 Å². The normalized spacial score (nSPS) is 20.8. The number of hydrogen-bond donors (Lipinski definition) is 1. The largest absolute Gasteiger partial charge is 0.380 e. The highest BCUT2D eigenvalue weighted by Crippen LogP contribution is 2.36. The molecule has 0 unspecified atom stereocenters. The maximum atomic E-state index is 5.97. The molecule has 6 nitrogen and oxygen atoms in total. The third-order valence-corrected chi connectivity index (χ3v) is 5.37.